The molecule has 6 heteroatoms. The Kier molecular flexibility index (Phi) is 3.27. The number of rotatable bonds is 2. The van der Waals surface area contributed by atoms with Gasteiger partial charge in [-0.05, 0) is 37.3 Å². The molecule has 2 heterocycles. The first-order valence-corrected chi connectivity index (χ1v) is 6.47. The maximum absolute atomic E-state index is 12.0. The molecule has 2 N–H and O–H groups in total. The zero-order chi connectivity index (χ0) is 14.8. The van der Waals surface area contributed by atoms with Crippen LogP contribution in [-0.2, 0) is 4.79 Å². The van der Waals surface area contributed by atoms with E-state index in [1.807, 2.05) is 0 Å². The number of pyridine rings is 1. The fourth-order valence-corrected chi connectivity index (χ4v) is 1.98. The standard InChI is InChI=1S/C15H13N3O3/c1-9-14(19)18-12-8-10(5-6-13(12)21-9)17-15(20)11-4-2-3-7-16-11/h2-9H,1H3,(H,17,20)(H,18,19)/t9-/m0/s1. The Morgan fingerprint density at radius 3 is 2.95 bits per heavy atom. The predicted octanol–water partition coefficient (Wildman–Crippen LogP) is 2.05. The molecule has 2 amide bonds. The van der Waals surface area contributed by atoms with Crippen LogP contribution in [0.15, 0.2) is 42.6 Å². The largest absolute Gasteiger partial charge is 0.479 e. The molecule has 1 atom stereocenters. The van der Waals surface area contributed by atoms with E-state index in [4.69, 9.17) is 4.74 Å². The summed E-state index contributed by atoms with van der Waals surface area (Å²) in [7, 11) is 0. The molecule has 0 spiro atoms. The van der Waals surface area contributed by atoms with Crippen molar-refractivity contribution in [3.05, 3.63) is 48.3 Å². The molecule has 6 nitrogen and oxygen atoms in total. The molecule has 0 fully saturated rings. The number of nitrogens with one attached hydrogen (secondary N) is 2. The molecule has 0 radical (unpaired) electrons. The molecule has 1 aliphatic rings. The van der Waals surface area contributed by atoms with E-state index in [1.165, 1.54) is 0 Å². The van der Waals surface area contributed by atoms with E-state index < -0.39 is 6.10 Å². The van der Waals surface area contributed by atoms with E-state index in [2.05, 4.69) is 15.6 Å². The van der Waals surface area contributed by atoms with Crippen molar-refractivity contribution < 1.29 is 14.3 Å². The number of aromatic nitrogens is 1. The van der Waals surface area contributed by atoms with Gasteiger partial charge in [0, 0.05) is 11.9 Å². The quantitative estimate of drug-likeness (QED) is 0.884. The van der Waals surface area contributed by atoms with E-state index in [-0.39, 0.29) is 11.8 Å². The zero-order valence-corrected chi connectivity index (χ0v) is 11.3. The van der Waals surface area contributed by atoms with Crippen LogP contribution in [0.5, 0.6) is 5.75 Å². The summed E-state index contributed by atoms with van der Waals surface area (Å²) in [5.74, 6) is 0.0561. The van der Waals surface area contributed by atoms with Gasteiger partial charge < -0.3 is 15.4 Å². The van der Waals surface area contributed by atoms with Gasteiger partial charge >= 0.3 is 0 Å². The first-order valence-electron chi connectivity index (χ1n) is 6.47. The molecule has 0 unspecified atom stereocenters. The Labute approximate surface area is 121 Å². The van der Waals surface area contributed by atoms with Crippen molar-refractivity contribution in [2.75, 3.05) is 10.6 Å². The second-order valence-corrected chi connectivity index (χ2v) is 4.63. The van der Waals surface area contributed by atoms with Crippen molar-refractivity contribution in [2.24, 2.45) is 0 Å². The van der Waals surface area contributed by atoms with Crippen molar-refractivity contribution >= 4 is 23.2 Å². The topological polar surface area (TPSA) is 80.3 Å². The highest BCUT2D eigenvalue weighted by molar-refractivity contribution is 6.04. The summed E-state index contributed by atoms with van der Waals surface area (Å²) in [6, 6.07) is 10.2. The molecule has 1 aromatic heterocycles. The third-order valence-corrected chi connectivity index (χ3v) is 3.07. The highest BCUT2D eigenvalue weighted by Crippen LogP contribution is 2.32. The third-order valence-electron chi connectivity index (χ3n) is 3.07. The lowest BCUT2D eigenvalue weighted by Gasteiger charge is -2.23. The van der Waals surface area contributed by atoms with Crippen LogP contribution in [0.2, 0.25) is 0 Å². The van der Waals surface area contributed by atoms with E-state index in [0.717, 1.165) is 0 Å². The van der Waals surface area contributed by atoms with Gasteiger partial charge in [-0.15, -0.1) is 0 Å². The number of anilines is 2. The predicted molar refractivity (Wildman–Crippen MR) is 77.4 cm³/mol. The average molecular weight is 283 g/mol. The lowest BCUT2D eigenvalue weighted by Crippen LogP contribution is -2.34. The van der Waals surface area contributed by atoms with Crippen molar-refractivity contribution in [1.82, 2.24) is 4.98 Å². The zero-order valence-electron chi connectivity index (χ0n) is 11.3. The first kappa shape index (κ1) is 13.1. The van der Waals surface area contributed by atoms with Gasteiger partial charge in [0.25, 0.3) is 11.8 Å². The number of hydrogen-bond acceptors (Lipinski definition) is 4. The number of ether oxygens (including phenoxy) is 1. The lowest BCUT2D eigenvalue weighted by atomic mass is 10.2. The van der Waals surface area contributed by atoms with Gasteiger partial charge in [0.1, 0.15) is 11.4 Å². The monoisotopic (exact) mass is 283 g/mol. The van der Waals surface area contributed by atoms with E-state index in [9.17, 15) is 9.59 Å². The van der Waals surface area contributed by atoms with Gasteiger partial charge in [0.15, 0.2) is 6.10 Å². The van der Waals surface area contributed by atoms with Gasteiger partial charge in [-0.1, -0.05) is 6.07 Å². The van der Waals surface area contributed by atoms with Crippen LogP contribution in [0.25, 0.3) is 0 Å². The summed E-state index contributed by atoms with van der Waals surface area (Å²) in [6.07, 6.45) is 1.03. The van der Waals surface area contributed by atoms with Crippen molar-refractivity contribution in [1.29, 1.82) is 0 Å². The normalized spacial score (nSPS) is 16.4. The van der Waals surface area contributed by atoms with Gasteiger partial charge in [-0.25, -0.2) is 0 Å². The Morgan fingerprint density at radius 1 is 1.33 bits per heavy atom. The maximum Gasteiger partial charge on any atom is 0.274 e. The summed E-state index contributed by atoms with van der Waals surface area (Å²) in [5, 5.41) is 5.46. The first-order chi connectivity index (χ1) is 10.1. The number of carbonyl (C=O) groups excluding carboxylic acids is 2. The molecule has 0 saturated carbocycles. The summed E-state index contributed by atoms with van der Waals surface area (Å²) in [6.45, 7) is 1.68. The van der Waals surface area contributed by atoms with Crippen molar-refractivity contribution in [2.45, 2.75) is 13.0 Å². The molecule has 0 saturated heterocycles. The molecule has 106 valence electrons. The molecular formula is C15H13N3O3. The summed E-state index contributed by atoms with van der Waals surface area (Å²) < 4.78 is 5.45. The second-order valence-electron chi connectivity index (χ2n) is 4.63. The molecule has 1 aliphatic heterocycles. The summed E-state index contributed by atoms with van der Waals surface area (Å²) in [5.41, 5.74) is 1.42. The number of nitrogens with zero attached hydrogens (tertiary/aromatic N) is 1. The number of amides is 2. The fourth-order valence-electron chi connectivity index (χ4n) is 1.98. The highest BCUT2D eigenvalue weighted by atomic mass is 16.5. The molecule has 0 aliphatic carbocycles. The van der Waals surface area contributed by atoms with E-state index >= 15 is 0 Å². The van der Waals surface area contributed by atoms with Crippen LogP contribution in [-0.4, -0.2) is 22.9 Å². The minimum atomic E-state index is -0.522. The van der Waals surface area contributed by atoms with Gasteiger partial charge in [-0.2, -0.15) is 0 Å². The van der Waals surface area contributed by atoms with Crippen LogP contribution in [0.1, 0.15) is 17.4 Å². The van der Waals surface area contributed by atoms with Crippen LogP contribution in [0, 0.1) is 0 Å². The Balaban J connectivity index is 1.80. The van der Waals surface area contributed by atoms with E-state index in [1.54, 1.807) is 49.5 Å². The Bertz CT molecular complexity index is 701. The summed E-state index contributed by atoms with van der Waals surface area (Å²) >= 11 is 0. The average Bonchev–Trinajstić information content (AvgIpc) is 2.49. The molecule has 1 aromatic carbocycles. The highest BCUT2D eigenvalue weighted by Gasteiger charge is 2.23. The molecule has 3 rings (SSSR count). The molecular weight excluding hydrogens is 270 g/mol. The molecule has 0 bridgehead atoms. The smallest absolute Gasteiger partial charge is 0.274 e. The lowest BCUT2D eigenvalue weighted by molar-refractivity contribution is -0.122. The van der Waals surface area contributed by atoms with Gasteiger partial charge in [-0.3, -0.25) is 14.6 Å². The maximum atomic E-state index is 12.0. The van der Waals surface area contributed by atoms with Crippen LogP contribution in [0.3, 0.4) is 0 Å². The Hall–Kier alpha value is -2.89. The van der Waals surface area contributed by atoms with E-state index in [0.29, 0.717) is 22.8 Å². The van der Waals surface area contributed by atoms with Gasteiger partial charge in [0.2, 0.25) is 0 Å². The minimum Gasteiger partial charge on any atom is -0.479 e. The molecule has 21 heavy (non-hydrogen) atoms. The van der Waals surface area contributed by atoms with Crippen molar-refractivity contribution in [3.63, 3.8) is 0 Å². The molecule has 2 aromatic rings. The number of fused-ring (bicyclic) bond motifs is 1. The van der Waals surface area contributed by atoms with Crippen LogP contribution >= 0.6 is 0 Å². The number of hydrogen-bond donors (Lipinski definition) is 2. The summed E-state index contributed by atoms with van der Waals surface area (Å²) in [4.78, 5) is 27.6. The minimum absolute atomic E-state index is 0.212. The SMILES string of the molecule is C[C@@H]1Oc2ccc(NC(=O)c3ccccn3)cc2NC1=O. The van der Waals surface area contributed by atoms with Gasteiger partial charge in [0.05, 0.1) is 5.69 Å². The third kappa shape index (κ3) is 2.69. The Morgan fingerprint density at radius 2 is 2.19 bits per heavy atom. The second kappa shape index (κ2) is 5.24. The number of benzene rings is 1. The number of carbonyl (C=O) groups is 2. The van der Waals surface area contributed by atoms with Crippen molar-refractivity contribution in [3.8, 4) is 5.75 Å². The fraction of sp³-hybridized carbons (Fsp3) is 0.133. The van der Waals surface area contributed by atoms with Crippen LogP contribution < -0.4 is 15.4 Å². The van der Waals surface area contributed by atoms with Crippen LogP contribution in [0.4, 0.5) is 11.4 Å².